The highest BCUT2D eigenvalue weighted by atomic mass is 32.3. The van der Waals surface area contributed by atoms with Crippen molar-refractivity contribution in [2.75, 3.05) is 12.3 Å². The van der Waals surface area contributed by atoms with E-state index >= 15 is 0 Å². The molecule has 3 N–H and O–H groups in total. The fourth-order valence-electron chi connectivity index (χ4n) is 2.47. The van der Waals surface area contributed by atoms with Gasteiger partial charge in [0.15, 0.2) is 0 Å². The van der Waals surface area contributed by atoms with Crippen LogP contribution >= 0.6 is 0 Å². The van der Waals surface area contributed by atoms with E-state index in [2.05, 4.69) is 14.4 Å². The molecule has 20 heavy (non-hydrogen) atoms. The van der Waals surface area contributed by atoms with E-state index in [1.54, 1.807) is 0 Å². The second kappa shape index (κ2) is 4.29. The Morgan fingerprint density at radius 1 is 1.45 bits per heavy atom. The second-order valence-electron chi connectivity index (χ2n) is 4.50. The Hall–Kier alpha value is -1.92. The highest BCUT2D eigenvalue weighted by Crippen LogP contribution is 2.38. The summed E-state index contributed by atoms with van der Waals surface area (Å²) in [6.07, 6.45) is 0.952. The van der Waals surface area contributed by atoms with E-state index in [1.807, 2.05) is 0 Å². The van der Waals surface area contributed by atoms with E-state index in [-0.39, 0.29) is 18.4 Å². The molecule has 2 aliphatic heterocycles. The van der Waals surface area contributed by atoms with Gasteiger partial charge in [-0.25, -0.2) is 4.79 Å². The normalized spacial score (nSPS) is 26.4. The zero-order valence-electron chi connectivity index (χ0n) is 10.0. The van der Waals surface area contributed by atoms with E-state index in [9.17, 15) is 13.2 Å². The van der Waals surface area contributed by atoms with E-state index in [0.29, 0.717) is 17.9 Å². The highest BCUT2D eigenvalue weighted by molar-refractivity contribution is 7.80. The summed E-state index contributed by atoms with van der Waals surface area (Å²) in [7, 11) is -4.75. The summed E-state index contributed by atoms with van der Waals surface area (Å²) in [6, 6.07) is -1.63. The van der Waals surface area contributed by atoms with Crippen LogP contribution in [0.5, 0.6) is 0 Å². The van der Waals surface area contributed by atoms with Crippen LogP contribution in [0.15, 0.2) is 4.52 Å². The number of piperidine rings is 1. The maximum Gasteiger partial charge on any atom is 0.418 e. The number of carbonyl (C=O) groups excluding carboxylic acids is 1. The van der Waals surface area contributed by atoms with Gasteiger partial charge in [-0.1, -0.05) is 0 Å². The van der Waals surface area contributed by atoms with Gasteiger partial charge in [0.2, 0.25) is 0 Å². The molecule has 3 rings (SSSR count). The van der Waals surface area contributed by atoms with Crippen molar-refractivity contribution in [3.05, 3.63) is 5.89 Å². The molecule has 12 heteroatoms. The molecule has 2 fully saturated rings. The first-order valence-electron chi connectivity index (χ1n) is 5.71. The monoisotopic (exact) mass is 305 g/mol. The van der Waals surface area contributed by atoms with E-state index in [4.69, 9.17) is 14.8 Å². The van der Waals surface area contributed by atoms with E-state index < -0.39 is 28.5 Å². The molecule has 2 unspecified atom stereocenters. The molecule has 2 atom stereocenters. The quantitative estimate of drug-likeness (QED) is 0.692. The zero-order chi connectivity index (χ0) is 14.5. The van der Waals surface area contributed by atoms with Crippen LogP contribution in [-0.4, -0.2) is 51.7 Å². The summed E-state index contributed by atoms with van der Waals surface area (Å²) >= 11 is 0. The molecule has 11 nitrogen and oxygen atoms in total. The number of urea groups is 1. The average molecular weight is 305 g/mol. The Kier molecular flexibility index (Phi) is 2.81. The first-order chi connectivity index (χ1) is 9.35. The summed E-state index contributed by atoms with van der Waals surface area (Å²) in [5, 5.41) is 4.10. The number of hydroxylamine groups is 2. The first kappa shape index (κ1) is 13.1. The minimum atomic E-state index is -4.75. The lowest BCUT2D eigenvalue weighted by Crippen LogP contribution is -2.35. The molecule has 1 aromatic rings. The molecule has 0 spiro atoms. The summed E-state index contributed by atoms with van der Waals surface area (Å²) in [6.45, 7) is 0.237. The number of rotatable bonds is 3. The average Bonchev–Trinajstić information content (AvgIpc) is 2.88. The van der Waals surface area contributed by atoms with Crippen LogP contribution in [-0.2, 0) is 14.7 Å². The standard InChI is InChI=1S/C8H11N5O6S/c9-7-10-6(18-11-7)5-2-1-4-3-12(5)8(14)13(4)19-20(15,16)17/h4-5H,1-3H2,(H2,9,11)(H,15,16,17). The number of carbonyl (C=O) groups is 1. The fraction of sp³-hybridized carbons (Fsp3) is 0.625. The van der Waals surface area contributed by atoms with Crippen LogP contribution in [0.25, 0.3) is 0 Å². The number of hydrogen-bond donors (Lipinski definition) is 2. The maximum absolute atomic E-state index is 12.1. The predicted octanol–water partition coefficient (Wildman–Crippen LogP) is -0.673. The van der Waals surface area contributed by atoms with E-state index in [0.717, 1.165) is 0 Å². The summed E-state index contributed by atoms with van der Waals surface area (Å²) in [4.78, 5) is 17.3. The molecule has 0 radical (unpaired) electrons. The van der Waals surface area contributed by atoms with Gasteiger partial charge >= 0.3 is 16.4 Å². The van der Waals surface area contributed by atoms with Gasteiger partial charge in [-0.05, 0) is 18.0 Å². The molecule has 2 amide bonds. The van der Waals surface area contributed by atoms with Crippen LogP contribution < -0.4 is 5.73 Å². The van der Waals surface area contributed by atoms with Gasteiger partial charge in [0, 0.05) is 6.54 Å². The van der Waals surface area contributed by atoms with Crippen LogP contribution in [0.2, 0.25) is 0 Å². The highest BCUT2D eigenvalue weighted by Gasteiger charge is 2.49. The Bertz CT molecular complexity index is 644. The van der Waals surface area contributed by atoms with Crippen molar-refractivity contribution in [1.29, 1.82) is 0 Å². The van der Waals surface area contributed by atoms with Gasteiger partial charge in [-0.3, -0.25) is 4.55 Å². The molecule has 3 heterocycles. The lowest BCUT2D eigenvalue weighted by atomic mass is 10.0. The Labute approximate surface area is 113 Å². The summed E-state index contributed by atoms with van der Waals surface area (Å²) < 4.78 is 39.4. The molecule has 2 aliphatic rings. The SMILES string of the molecule is Nc1noc(C2CCC3CN2C(=O)N3OS(=O)(=O)O)n1. The summed E-state index contributed by atoms with van der Waals surface area (Å²) in [5.41, 5.74) is 5.36. The smallest absolute Gasteiger partial charge is 0.365 e. The van der Waals surface area contributed by atoms with Crippen molar-refractivity contribution in [1.82, 2.24) is 20.1 Å². The van der Waals surface area contributed by atoms with Gasteiger partial charge < -0.3 is 15.2 Å². The number of aromatic nitrogens is 2. The third kappa shape index (κ3) is 2.17. The minimum absolute atomic E-state index is 0.0418. The number of hydrogen-bond acceptors (Lipinski definition) is 8. The van der Waals surface area contributed by atoms with Gasteiger partial charge in [0.25, 0.3) is 11.8 Å². The Balaban J connectivity index is 1.84. The van der Waals surface area contributed by atoms with Crippen molar-refractivity contribution in [3.63, 3.8) is 0 Å². The van der Waals surface area contributed by atoms with Gasteiger partial charge in [0.1, 0.15) is 6.04 Å². The number of amides is 2. The molecular weight excluding hydrogens is 294 g/mol. The first-order valence-corrected chi connectivity index (χ1v) is 7.07. The van der Waals surface area contributed by atoms with Crippen LogP contribution in [0.3, 0.4) is 0 Å². The number of nitrogen functional groups attached to an aromatic ring is 1. The van der Waals surface area contributed by atoms with Crippen LogP contribution in [0.1, 0.15) is 24.8 Å². The Morgan fingerprint density at radius 2 is 2.20 bits per heavy atom. The molecule has 0 saturated carbocycles. The van der Waals surface area contributed by atoms with Crippen molar-refractivity contribution in [2.24, 2.45) is 0 Å². The second-order valence-corrected chi connectivity index (χ2v) is 5.51. The molecule has 0 aliphatic carbocycles. The topological polar surface area (TPSA) is 152 Å². The Morgan fingerprint density at radius 3 is 2.80 bits per heavy atom. The lowest BCUT2D eigenvalue weighted by molar-refractivity contribution is -0.0317. The summed E-state index contributed by atoms with van der Waals surface area (Å²) in [5.74, 6) is 0.141. The van der Waals surface area contributed by atoms with Gasteiger partial charge in [-0.15, -0.1) is 4.28 Å². The zero-order valence-corrected chi connectivity index (χ0v) is 10.9. The predicted molar refractivity (Wildman–Crippen MR) is 61.0 cm³/mol. The molecule has 2 saturated heterocycles. The third-order valence-corrected chi connectivity index (χ3v) is 3.59. The van der Waals surface area contributed by atoms with Crippen LogP contribution in [0.4, 0.5) is 10.7 Å². The largest absolute Gasteiger partial charge is 0.418 e. The van der Waals surface area contributed by atoms with Gasteiger partial charge in [0.05, 0.1) is 6.04 Å². The van der Waals surface area contributed by atoms with Crippen molar-refractivity contribution in [3.8, 4) is 0 Å². The fourth-order valence-corrected chi connectivity index (χ4v) is 2.86. The van der Waals surface area contributed by atoms with E-state index in [1.165, 1.54) is 4.90 Å². The van der Waals surface area contributed by atoms with Gasteiger partial charge in [-0.2, -0.15) is 18.5 Å². The number of anilines is 1. The third-order valence-electron chi connectivity index (χ3n) is 3.24. The minimum Gasteiger partial charge on any atom is -0.365 e. The van der Waals surface area contributed by atoms with Crippen molar-refractivity contribution < 1.29 is 26.6 Å². The number of nitrogens with zero attached hydrogens (tertiary/aromatic N) is 4. The maximum atomic E-state index is 12.1. The molecule has 0 aromatic carbocycles. The molecule has 110 valence electrons. The lowest BCUT2D eigenvalue weighted by Gasteiger charge is -2.27. The van der Waals surface area contributed by atoms with Crippen molar-refractivity contribution >= 4 is 22.4 Å². The molecule has 2 bridgehead atoms. The number of fused-ring (bicyclic) bond motifs is 2. The van der Waals surface area contributed by atoms with Crippen LogP contribution in [0, 0.1) is 0 Å². The molecule has 1 aromatic heterocycles. The number of nitrogens with two attached hydrogens (primary N) is 1. The molecular formula is C8H11N5O6S. The van der Waals surface area contributed by atoms with Crippen molar-refractivity contribution in [2.45, 2.75) is 24.9 Å².